The van der Waals surface area contributed by atoms with Crippen LogP contribution in [0.3, 0.4) is 0 Å². The number of fused-ring (bicyclic) bond motifs is 1. The van der Waals surface area contributed by atoms with Crippen LogP contribution in [0.1, 0.15) is 20.3 Å². The average Bonchev–Trinajstić information content (AvgIpc) is 2.87. The number of hydrogen-bond donors (Lipinski definition) is 2. The Hall–Kier alpha value is -1.26. The normalized spacial score (nSPS) is 19.1. The van der Waals surface area contributed by atoms with Gasteiger partial charge in [0.1, 0.15) is 0 Å². The van der Waals surface area contributed by atoms with Crippen molar-refractivity contribution in [3.8, 4) is 11.5 Å². The van der Waals surface area contributed by atoms with Gasteiger partial charge in [-0.15, -0.1) is 24.0 Å². The Balaban J connectivity index is 0.00000261. The van der Waals surface area contributed by atoms with Crippen LogP contribution in [-0.4, -0.2) is 63.0 Å². The molecule has 0 radical (unpaired) electrons. The molecule has 1 saturated heterocycles. The van der Waals surface area contributed by atoms with Crippen molar-refractivity contribution in [2.24, 2.45) is 16.6 Å². The summed E-state index contributed by atoms with van der Waals surface area (Å²) in [6.07, 6.45) is 0.888. The van der Waals surface area contributed by atoms with Crippen molar-refractivity contribution in [3.05, 3.63) is 18.2 Å². The fourth-order valence-corrected chi connectivity index (χ4v) is 3.28. The number of anilines is 1. The second kappa shape index (κ2) is 10.9. The van der Waals surface area contributed by atoms with Gasteiger partial charge in [0.05, 0.1) is 33.0 Å². The van der Waals surface area contributed by atoms with E-state index in [4.69, 9.17) is 19.9 Å². The zero-order chi connectivity index (χ0) is 18.4. The molecule has 1 fully saturated rings. The fraction of sp³-hybridized carbons (Fsp3) is 0.632. The molecule has 0 saturated carbocycles. The standard InChI is InChI=1S/C19H30N4O3.HI/c1-14(2)16(23-6-10-24-11-7-23)13-21-19(20)22-15-4-5-17-18(12-15)26-9-3-8-25-17;/h4-5,12,14,16H,3,6-11,13H2,1-2H3,(H3,20,21,22);1H. The Morgan fingerprint density at radius 1 is 1.15 bits per heavy atom. The minimum Gasteiger partial charge on any atom is -0.490 e. The number of guanidine groups is 1. The zero-order valence-corrected chi connectivity index (χ0v) is 18.5. The summed E-state index contributed by atoms with van der Waals surface area (Å²) in [5.41, 5.74) is 6.96. The summed E-state index contributed by atoms with van der Waals surface area (Å²) in [4.78, 5) is 7.02. The van der Waals surface area contributed by atoms with E-state index >= 15 is 0 Å². The third-order valence-electron chi connectivity index (χ3n) is 4.75. The van der Waals surface area contributed by atoms with E-state index in [9.17, 15) is 0 Å². The highest BCUT2D eigenvalue weighted by molar-refractivity contribution is 14.0. The molecule has 1 aromatic rings. The van der Waals surface area contributed by atoms with Crippen molar-refractivity contribution >= 4 is 35.6 Å². The monoisotopic (exact) mass is 490 g/mol. The molecule has 0 amide bonds. The van der Waals surface area contributed by atoms with Gasteiger partial charge in [0.2, 0.25) is 0 Å². The van der Waals surface area contributed by atoms with Gasteiger partial charge < -0.3 is 25.3 Å². The third kappa shape index (κ3) is 6.39. The molecule has 1 aromatic carbocycles. The van der Waals surface area contributed by atoms with Crippen molar-refractivity contribution in [1.82, 2.24) is 4.90 Å². The number of halogens is 1. The second-order valence-electron chi connectivity index (χ2n) is 7.02. The summed E-state index contributed by atoms with van der Waals surface area (Å²) >= 11 is 0. The van der Waals surface area contributed by atoms with Crippen LogP contribution in [0.25, 0.3) is 0 Å². The molecule has 0 bridgehead atoms. The molecule has 2 heterocycles. The molecule has 3 N–H and O–H groups in total. The van der Waals surface area contributed by atoms with E-state index in [-0.39, 0.29) is 24.0 Å². The summed E-state index contributed by atoms with van der Waals surface area (Å²) in [5, 5.41) is 3.16. The minimum absolute atomic E-state index is 0. The van der Waals surface area contributed by atoms with E-state index in [1.807, 2.05) is 18.2 Å². The number of rotatable bonds is 5. The molecule has 0 aromatic heterocycles. The van der Waals surface area contributed by atoms with Crippen molar-refractivity contribution in [2.45, 2.75) is 26.3 Å². The molecule has 8 heteroatoms. The molecule has 7 nitrogen and oxygen atoms in total. The average molecular weight is 490 g/mol. The first kappa shape index (κ1) is 22.0. The van der Waals surface area contributed by atoms with E-state index in [0.717, 1.165) is 49.9 Å². The van der Waals surface area contributed by atoms with Crippen LogP contribution in [0.15, 0.2) is 23.2 Å². The molecule has 27 heavy (non-hydrogen) atoms. The number of benzene rings is 1. The number of hydrogen-bond acceptors (Lipinski definition) is 5. The Kier molecular flexibility index (Phi) is 8.91. The van der Waals surface area contributed by atoms with Gasteiger partial charge >= 0.3 is 0 Å². The Morgan fingerprint density at radius 2 is 1.85 bits per heavy atom. The van der Waals surface area contributed by atoms with Crippen LogP contribution in [0, 0.1) is 5.92 Å². The zero-order valence-electron chi connectivity index (χ0n) is 16.1. The summed E-state index contributed by atoms with van der Waals surface area (Å²) < 4.78 is 16.8. The lowest BCUT2D eigenvalue weighted by Crippen LogP contribution is -2.47. The largest absolute Gasteiger partial charge is 0.490 e. The Labute approximate surface area is 178 Å². The molecule has 152 valence electrons. The molecule has 2 aliphatic rings. The maximum Gasteiger partial charge on any atom is 0.193 e. The van der Waals surface area contributed by atoms with Crippen LogP contribution in [-0.2, 0) is 4.74 Å². The van der Waals surface area contributed by atoms with Gasteiger partial charge in [0.25, 0.3) is 0 Å². The fourth-order valence-electron chi connectivity index (χ4n) is 3.28. The van der Waals surface area contributed by atoms with Gasteiger partial charge in [-0.2, -0.15) is 0 Å². The number of nitrogens with one attached hydrogen (secondary N) is 1. The number of morpholine rings is 1. The first-order valence-corrected chi connectivity index (χ1v) is 9.42. The lowest BCUT2D eigenvalue weighted by molar-refractivity contribution is 0.00870. The number of ether oxygens (including phenoxy) is 3. The van der Waals surface area contributed by atoms with Gasteiger partial charge in [-0.1, -0.05) is 13.8 Å². The van der Waals surface area contributed by atoms with E-state index in [1.165, 1.54) is 0 Å². The molecule has 2 aliphatic heterocycles. The van der Waals surface area contributed by atoms with E-state index < -0.39 is 0 Å². The first-order valence-electron chi connectivity index (χ1n) is 9.42. The molecule has 1 unspecified atom stereocenters. The molecule has 0 aliphatic carbocycles. The second-order valence-corrected chi connectivity index (χ2v) is 7.02. The maximum absolute atomic E-state index is 6.11. The minimum atomic E-state index is 0. The predicted molar refractivity (Wildman–Crippen MR) is 119 cm³/mol. The van der Waals surface area contributed by atoms with Crippen LogP contribution in [0.2, 0.25) is 0 Å². The molecule has 0 spiro atoms. The molecule has 3 rings (SSSR count). The SMILES string of the molecule is CC(C)C(CN=C(N)Nc1ccc2c(c1)OCCCO2)N1CCOCC1.I. The quantitative estimate of drug-likeness (QED) is 0.375. The van der Waals surface area contributed by atoms with Gasteiger partial charge in [-0.05, 0) is 18.1 Å². The smallest absolute Gasteiger partial charge is 0.193 e. The van der Waals surface area contributed by atoms with Gasteiger partial charge in [0.15, 0.2) is 17.5 Å². The van der Waals surface area contributed by atoms with Crippen LogP contribution in [0.4, 0.5) is 5.69 Å². The van der Waals surface area contributed by atoms with Gasteiger partial charge in [0, 0.05) is 37.3 Å². The third-order valence-corrected chi connectivity index (χ3v) is 4.75. The summed E-state index contributed by atoms with van der Waals surface area (Å²) in [5.74, 6) is 2.44. The first-order chi connectivity index (χ1) is 12.6. The van der Waals surface area contributed by atoms with Crippen LogP contribution in [0.5, 0.6) is 11.5 Å². The molecular weight excluding hydrogens is 459 g/mol. The number of aliphatic imine (C=N–C) groups is 1. The van der Waals surface area contributed by atoms with E-state index in [2.05, 4.69) is 29.1 Å². The van der Waals surface area contributed by atoms with E-state index in [0.29, 0.717) is 37.7 Å². The van der Waals surface area contributed by atoms with Crippen molar-refractivity contribution in [1.29, 1.82) is 0 Å². The van der Waals surface area contributed by atoms with Gasteiger partial charge in [-0.25, -0.2) is 0 Å². The highest BCUT2D eigenvalue weighted by Gasteiger charge is 2.23. The van der Waals surface area contributed by atoms with Crippen molar-refractivity contribution < 1.29 is 14.2 Å². The number of nitrogens with two attached hydrogens (primary N) is 1. The van der Waals surface area contributed by atoms with E-state index in [1.54, 1.807) is 0 Å². The van der Waals surface area contributed by atoms with Gasteiger partial charge in [-0.3, -0.25) is 9.89 Å². The highest BCUT2D eigenvalue weighted by atomic mass is 127. The van der Waals surface area contributed by atoms with Crippen molar-refractivity contribution in [2.75, 3.05) is 51.4 Å². The molecular formula is C19H31IN4O3. The molecule has 1 atom stereocenters. The van der Waals surface area contributed by atoms with Crippen molar-refractivity contribution in [3.63, 3.8) is 0 Å². The number of nitrogens with zero attached hydrogens (tertiary/aromatic N) is 2. The lowest BCUT2D eigenvalue weighted by Gasteiger charge is -2.36. The summed E-state index contributed by atoms with van der Waals surface area (Å²) in [7, 11) is 0. The maximum atomic E-state index is 6.11. The van der Waals surface area contributed by atoms with Crippen LogP contribution < -0.4 is 20.5 Å². The predicted octanol–water partition coefficient (Wildman–Crippen LogP) is 2.55. The summed E-state index contributed by atoms with van der Waals surface area (Å²) in [6.45, 7) is 9.95. The Morgan fingerprint density at radius 3 is 2.56 bits per heavy atom. The highest BCUT2D eigenvalue weighted by Crippen LogP contribution is 2.32. The topological polar surface area (TPSA) is 81.3 Å². The van der Waals surface area contributed by atoms with Crippen LogP contribution >= 0.6 is 24.0 Å². The summed E-state index contributed by atoms with van der Waals surface area (Å²) in [6, 6.07) is 6.10. The lowest BCUT2D eigenvalue weighted by atomic mass is 10.0. The Bertz CT molecular complexity index is 621.